The van der Waals surface area contributed by atoms with Gasteiger partial charge in [-0.15, -0.1) is 0 Å². The van der Waals surface area contributed by atoms with E-state index in [4.69, 9.17) is 56.9 Å². The standard InChI is InChI=1S/C62H105N5O20S/c1-32(2)25-46(68)83-52-39(9)51(34(4)31-79-59-55(77-19)54(76-18)48(69)42(12)82-59)85-57(72)41(11)53(84-47-26-35(5)67(17)30-37(7)80-47)38(8)50(86-58-49(70)44(66-78-20)27-36(6)81-58)33(3)28-62(15,56(71)40(52)10)87-60(73)65-61(13,14)23-24-88(74,75)43-21-22-45(63-16)64-29-43/h21-22,29,32-42,47-55,58-59,69-70H,23-28,30-31H2,1-20H3,(H,63,64)(H,65,73)/t33-,34-,35?,36+,37-,38+,39-,40+,41+,42+,47-,48+,49+,50-,51+,52+,53-,54+,55+,58-,59+,62-/m0/s1. The summed E-state index contributed by atoms with van der Waals surface area (Å²) < 4.78 is 97.9. The summed E-state index contributed by atoms with van der Waals surface area (Å²) in [4.78, 5) is 71.9. The molecule has 0 saturated carbocycles. The summed E-state index contributed by atoms with van der Waals surface area (Å²) in [7, 11) is 4.00. The van der Waals surface area contributed by atoms with Crippen LogP contribution in [0.1, 0.15) is 136 Å². The normalized spacial score (nSPS) is 37.0. The van der Waals surface area contributed by atoms with Crippen LogP contribution in [0.25, 0.3) is 0 Å². The van der Waals surface area contributed by atoms with Crippen LogP contribution in [0.5, 0.6) is 0 Å². The number of ether oxygens (including phenoxy) is 11. The summed E-state index contributed by atoms with van der Waals surface area (Å²) >= 11 is 0. The number of sulfone groups is 1. The number of hydrogen-bond acceptors (Lipinski definition) is 24. The van der Waals surface area contributed by atoms with Gasteiger partial charge in [-0.2, -0.15) is 0 Å². The third-order valence-corrected chi connectivity index (χ3v) is 19.4. The number of oxime groups is 1. The van der Waals surface area contributed by atoms with Gasteiger partial charge in [0.15, 0.2) is 40.1 Å². The largest absolute Gasteiger partial charge is 0.461 e. The van der Waals surface area contributed by atoms with E-state index in [2.05, 4.69) is 25.7 Å². The monoisotopic (exact) mass is 1270 g/mol. The van der Waals surface area contributed by atoms with Gasteiger partial charge in [-0.05, 0) is 99.2 Å². The van der Waals surface area contributed by atoms with E-state index >= 15 is 9.59 Å². The first-order valence-electron chi connectivity index (χ1n) is 31.0. The van der Waals surface area contributed by atoms with Crippen LogP contribution in [0.3, 0.4) is 0 Å². The molecular weight excluding hydrogens is 1170 g/mol. The number of likely N-dealkylation sites (N-methyl/N-ethyl adjacent to an activating group) is 1. The molecule has 0 aromatic carbocycles. The van der Waals surface area contributed by atoms with Crippen molar-refractivity contribution >= 4 is 45.2 Å². The molecule has 0 radical (unpaired) electrons. The lowest BCUT2D eigenvalue weighted by molar-refractivity contribution is -0.305. The lowest BCUT2D eigenvalue weighted by atomic mass is 9.74. The van der Waals surface area contributed by atoms with E-state index in [0.717, 1.165) is 0 Å². The number of anilines is 1. The quantitative estimate of drug-likeness (QED) is 0.0615. The molecule has 5 heterocycles. The molecule has 1 amide bonds. The van der Waals surface area contributed by atoms with Gasteiger partial charge in [0.25, 0.3) is 0 Å². The molecule has 1 aromatic rings. The topological polar surface area (TPSA) is 306 Å². The number of esters is 2. The van der Waals surface area contributed by atoms with Gasteiger partial charge >= 0.3 is 18.0 Å². The van der Waals surface area contributed by atoms with E-state index in [1.807, 2.05) is 41.7 Å². The Hall–Kier alpha value is -4.19. The van der Waals surface area contributed by atoms with Gasteiger partial charge in [-0.3, -0.25) is 14.4 Å². The second-order valence-electron chi connectivity index (χ2n) is 26.4. The Morgan fingerprint density at radius 1 is 0.875 bits per heavy atom. The van der Waals surface area contributed by atoms with Crippen molar-refractivity contribution in [2.75, 3.05) is 59.6 Å². The number of carbonyl (C=O) groups excluding carboxylic acids is 4. The number of alkyl carbamates (subject to hydrolysis) is 1. The predicted octanol–water partition coefficient (Wildman–Crippen LogP) is 6.09. The number of nitrogens with one attached hydrogen (secondary N) is 2. The molecule has 504 valence electrons. The minimum absolute atomic E-state index is 0.00891. The minimum Gasteiger partial charge on any atom is -0.461 e. The summed E-state index contributed by atoms with van der Waals surface area (Å²) in [5, 5.41) is 32.7. The van der Waals surface area contributed by atoms with Gasteiger partial charge in [0.05, 0.1) is 65.3 Å². The molecular formula is C62H105N5O20S. The molecule has 0 spiro atoms. The smallest absolute Gasteiger partial charge is 0.408 e. The summed E-state index contributed by atoms with van der Waals surface area (Å²) in [5.41, 5.74) is -3.11. The van der Waals surface area contributed by atoms with Crippen LogP contribution >= 0.6 is 0 Å². The molecule has 0 aliphatic carbocycles. The first-order valence-corrected chi connectivity index (χ1v) is 32.7. The van der Waals surface area contributed by atoms with Gasteiger partial charge < -0.3 is 82.7 Å². The third kappa shape index (κ3) is 19.4. The molecule has 26 heteroatoms. The molecule has 88 heavy (non-hydrogen) atoms. The maximum Gasteiger partial charge on any atom is 0.408 e. The second-order valence-corrected chi connectivity index (χ2v) is 28.5. The number of amides is 1. The van der Waals surface area contributed by atoms with Crippen molar-refractivity contribution in [1.29, 1.82) is 0 Å². The summed E-state index contributed by atoms with van der Waals surface area (Å²) in [5.74, 6) is -8.00. The van der Waals surface area contributed by atoms with Gasteiger partial charge in [-0.25, -0.2) is 18.2 Å². The van der Waals surface area contributed by atoms with Crippen molar-refractivity contribution in [3.63, 3.8) is 0 Å². The fourth-order valence-electron chi connectivity index (χ4n) is 12.5. The van der Waals surface area contributed by atoms with Crippen molar-refractivity contribution in [2.45, 2.75) is 244 Å². The number of methoxy groups -OCH3 is 2. The van der Waals surface area contributed by atoms with Gasteiger partial charge in [0.2, 0.25) is 0 Å². The molecule has 22 atom stereocenters. The van der Waals surface area contributed by atoms with E-state index < -0.39 is 160 Å². The van der Waals surface area contributed by atoms with Gasteiger partial charge in [0, 0.05) is 82.6 Å². The molecule has 4 saturated heterocycles. The highest BCUT2D eigenvalue weighted by Crippen LogP contribution is 2.41. The fourth-order valence-corrected chi connectivity index (χ4v) is 14.0. The SMILES string of the molecule is CNc1ccc(S(=O)(=O)CCC(C)(C)NC(=O)O[C@@]2(C)C[C@H](C)[C@H](O[C@@H]3O[C@H](C)CC(=NOC)[C@H]3O)[C@@H](C)[C@H](O[C@H]3CC(C)N(C)C[C@H](C)O3)[C@@H](C)C(=O)O[C@H]([C@@H](C)CO[C@@H]3O[C@H](C)[C@@H](O)[C@@H](OC)[C@H]3OC)[C@H](C)[C@@H](OC(=O)CC(C)C)[C@@H](C)C2=O)cn1. The highest BCUT2D eigenvalue weighted by Gasteiger charge is 2.53. The summed E-state index contributed by atoms with van der Waals surface area (Å²) in [6.45, 7) is 26.6. The number of ketones is 1. The number of nitrogens with zero attached hydrogens (tertiary/aromatic N) is 3. The Morgan fingerprint density at radius 3 is 2.15 bits per heavy atom. The van der Waals surface area contributed by atoms with Crippen LogP contribution in [0.4, 0.5) is 10.6 Å². The highest BCUT2D eigenvalue weighted by atomic mass is 32.2. The van der Waals surface area contributed by atoms with Crippen molar-refractivity contribution < 1.29 is 94.8 Å². The zero-order valence-electron chi connectivity index (χ0n) is 55.6. The molecule has 4 aliphatic heterocycles. The Balaban J connectivity index is 1.70. The van der Waals surface area contributed by atoms with Gasteiger partial charge in [0.1, 0.15) is 49.6 Å². The zero-order chi connectivity index (χ0) is 65.9. The Kier molecular flexibility index (Phi) is 27.4. The number of hydrogen-bond donors (Lipinski definition) is 4. The lowest BCUT2D eigenvalue weighted by Crippen LogP contribution is -2.59. The van der Waals surface area contributed by atoms with E-state index in [-0.39, 0.29) is 66.7 Å². The number of cyclic esters (lactones) is 1. The number of carbonyl (C=O) groups is 4. The van der Waals surface area contributed by atoms with Crippen LogP contribution in [0.15, 0.2) is 28.4 Å². The Bertz CT molecular complexity index is 2560. The fraction of sp³-hybridized carbons (Fsp3) is 0.839. The van der Waals surface area contributed by atoms with Crippen LogP contribution < -0.4 is 10.6 Å². The number of Topliss-reactive ketones (excluding diaryl/α,β-unsaturated/α-hetero) is 1. The van der Waals surface area contributed by atoms with Crippen molar-refractivity contribution in [3.05, 3.63) is 18.3 Å². The maximum atomic E-state index is 16.1. The average Bonchev–Trinajstić information content (AvgIpc) is 2.35. The maximum absolute atomic E-state index is 16.1. The number of aromatic nitrogens is 1. The van der Waals surface area contributed by atoms with E-state index in [9.17, 15) is 28.2 Å². The molecule has 4 aliphatic rings. The van der Waals surface area contributed by atoms with Crippen LogP contribution in [-0.4, -0.2) is 216 Å². The third-order valence-electron chi connectivity index (χ3n) is 17.7. The average molecular weight is 1270 g/mol. The molecule has 4 fully saturated rings. The van der Waals surface area contributed by atoms with E-state index in [0.29, 0.717) is 18.8 Å². The number of aliphatic hydroxyl groups excluding tert-OH is 2. The second kappa shape index (κ2) is 32.4. The summed E-state index contributed by atoms with van der Waals surface area (Å²) in [6.07, 6.45) is -13.5. The first-order chi connectivity index (χ1) is 41.1. The first kappa shape index (κ1) is 74.5. The predicted molar refractivity (Wildman–Crippen MR) is 324 cm³/mol. The van der Waals surface area contributed by atoms with Crippen molar-refractivity contribution in [3.8, 4) is 0 Å². The van der Waals surface area contributed by atoms with E-state index in [1.165, 1.54) is 40.5 Å². The molecule has 1 unspecified atom stereocenters. The number of aliphatic hydroxyl groups is 2. The lowest BCUT2D eigenvalue weighted by Gasteiger charge is -2.45. The molecule has 4 N–H and O–H groups in total. The highest BCUT2D eigenvalue weighted by molar-refractivity contribution is 7.91. The Morgan fingerprint density at radius 2 is 1.55 bits per heavy atom. The van der Waals surface area contributed by atoms with E-state index in [1.54, 1.807) is 75.4 Å². The molecule has 25 nitrogen and oxygen atoms in total. The summed E-state index contributed by atoms with van der Waals surface area (Å²) in [6, 6.07) is 2.96. The zero-order valence-corrected chi connectivity index (χ0v) is 56.4. The van der Waals surface area contributed by atoms with Crippen LogP contribution in [-0.2, 0) is 81.2 Å². The van der Waals surface area contributed by atoms with Crippen LogP contribution in [0.2, 0.25) is 0 Å². The van der Waals surface area contributed by atoms with Crippen molar-refractivity contribution in [1.82, 2.24) is 15.2 Å². The van der Waals surface area contributed by atoms with Crippen LogP contribution in [0, 0.1) is 41.4 Å². The Labute approximate surface area is 521 Å². The molecule has 0 bridgehead atoms. The number of pyridine rings is 1. The van der Waals surface area contributed by atoms with Gasteiger partial charge in [-0.1, -0.05) is 53.6 Å². The molecule has 5 rings (SSSR count). The van der Waals surface area contributed by atoms with Crippen molar-refractivity contribution in [2.24, 2.45) is 46.6 Å². The molecule has 1 aromatic heterocycles. The number of rotatable bonds is 21. The minimum atomic E-state index is -3.90.